The first kappa shape index (κ1) is 11.8. The second-order valence-corrected chi connectivity index (χ2v) is 2.15. The number of nitrogens with zero attached hydrogens (tertiary/aromatic N) is 2. The van der Waals surface area contributed by atoms with Gasteiger partial charge in [-0.2, -0.15) is 5.01 Å². The molecule has 13 heavy (non-hydrogen) atoms. The van der Waals surface area contributed by atoms with Crippen LogP contribution < -0.4 is 5.73 Å². The molecule has 0 heterocycles. The van der Waals surface area contributed by atoms with E-state index < -0.39 is 6.03 Å². The fourth-order valence-electron chi connectivity index (χ4n) is 0.587. The summed E-state index contributed by atoms with van der Waals surface area (Å²) in [5.74, 6) is 0. The van der Waals surface area contributed by atoms with E-state index in [4.69, 9.17) is 15.2 Å². The average molecular weight is 191 g/mol. The first-order chi connectivity index (χ1) is 6.22. The Labute approximate surface area is 75.7 Å². The molecule has 0 aromatic heterocycles. The Morgan fingerprint density at radius 2 is 2.15 bits per heavy atom. The van der Waals surface area contributed by atoms with Gasteiger partial charge in [0.2, 0.25) is 0 Å². The Morgan fingerprint density at radius 3 is 2.62 bits per heavy atom. The quantitative estimate of drug-likeness (QED) is 0.340. The molecule has 0 saturated carbocycles. The normalized spacial score (nSPS) is 9.62. The van der Waals surface area contributed by atoms with E-state index in [-0.39, 0.29) is 13.2 Å². The highest BCUT2D eigenvalue weighted by Crippen LogP contribution is 1.88. The van der Waals surface area contributed by atoms with Crippen molar-refractivity contribution in [2.75, 3.05) is 33.5 Å². The standard InChI is InChI=1S/C6H13N3O4/c1-12-4-5-13-3-2-9(8-11)6(7)10/h2-5H2,1H3,(H2,7,10). The van der Waals surface area contributed by atoms with Gasteiger partial charge in [0.25, 0.3) is 0 Å². The minimum absolute atomic E-state index is 0.0581. The third-order valence-electron chi connectivity index (χ3n) is 1.23. The third-order valence-corrected chi connectivity index (χ3v) is 1.23. The van der Waals surface area contributed by atoms with Crippen molar-refractivity contribution in [1.82, 2.24) is 5.01 Å². The summed E-state index contributed by atoms with van der Waals surface area (Å²) < 4.78 is 9.69. The summed E-state index contributed by atoms with van der Waals surface area (Å²) in [6.07, 6.45) is 0. The highest BCUT2D eigenvalue weighted by Gasteiger charge is 2.07. The Morgan fingerprint density at radius 1 is 1.46 bits per heavy atom. The molecule has 0 aliphatic rings. The third kappa shape index (κ3) is 6.00. The van der Waals surface area contributed by atoms with Gasteiger partial charge in [0.15, 0.2) is 0 Å². The number of carbonyl (C=O) groups is 1. The molecule has 0 atom stereocenters. The van der Waals surface area contributed by atoms with Crippen LogP contribution in [-0.2, 0) is 9.47 Å². The molecule has 0 radical (unpaired) electrons. The molecule has 0 aromatic carbocycles. The molecule has 7 nitrogen and oxygen atoms in total. The van der Waals surface area contributed by atoms with Crippen molar-refractivity contribution in [2.45, 2.75) is 0 Å². The molecule has 0 saturated heterocycles. The molecule has 0 spiro atoms. The number of nitrogens with two attached hydrogens (primary N) is 1. The van der Waals surface area contributed by atoms with E-state index in [1.54, 1.807) is 7.11 Å². The zero-order chi connectivity index (χ0) is 10.1. The molecular formula is C6H13N3O4. The largest absolute Gasteiger partial charge is 0.382 e. The summed E-state index contributed by atoms with van der Waals surface area (Å²) in [5, 5.41) is 2.99. The van der Waals surface area contributed by atoms with Gasteiger partial charge < -0.3 is 15.2 Å². The van der Waals surface area contributed by atoms with Crippen molar-refractivity contribution in [2.24, 2.45) is 11.0 Å². The molecule has 0 fully saturated rings. The number of amides is 2. The minimum Gasteiger partial charge on any atom is -0.382 e. The number of ether oxygens (including phenoxy) is 2. The molecular weight excluding hydrogens is 178 g/mol. The highest BCUT2D eigenvalue weighted by atomic mass is 16.5. The number of primary amides is 1. The van der Waals surface area contributed by atoms with Crippen LogP contribution in [0.25, 0.3) is 0 Å². The monoisotopic (exact) mass is 191 g/mol. The molecule has 0 unspecified atom stereocenters. The number of rotatable bonds is 7. The molecule has 76 valence electrons. The van der Waals surface area contributed by atoms with Crippen molar-refractivity contribution >= 4 is 6.03 Å². The molecule has 0 aromatic rings. The fraction of sp³-hybridized carbons (Fsp3) is 0.833. The van der Waals surface area contributed by atoms with Gasteiger partial charge in [0, 0.05) is 7.11 Å². The number of hydrogen-bond acceptors (Lipinski definition) is 5. The van der Waals surface area contributed by atoms with Crippen LogP contribution in [0.2, 0.25) is 0 Å². The van der Waals surface area contributed by atoms with E-state index in [0.29, 0.717) is 18.2 Å². The van der Waals surface area contributed by atoms with Gasteiger partial charge in [0.1, 0.15) is 0 Å². The molecule has 7 heteroatoms. The van der Waals surface area contributed by atoms with Crippen LogP contribution in [0.5, 0.6) is 0 Å². The number of hydrogen-bond donors (Lipinski definition) is 1. The molecule has 0 rings (SSSR count). The van der Waals surface area contributed by atoms with Crippen LogP contribution in [0.3, 0.4) is 0 Å². The lowest BCUT2D eigenvalue weighted by Gasteiger charge is -2.09. The van der Waals surface area contributed by atoms with Crippen molar-refractivity contribution in [1.29, 1.82) is 0 Å². The van der Waals surface area contributed by atoms with E-state index in [9.17, 15) is 9.70 Å². The smallest absolute Gasteiger partial charge is 0.337 e. The van der Waals surface area contributed by atoms with E-state index in [1.807, 2.05) is 0 Å². The van der Waals surface area contributed by atoms with Crippen LogP contribution in [0.15, 0.2) is 5.29 Å². The second kappa shape index (κ2) is 7.44. The summed E-state index contributed by atoms with van der Waals surface area (Å²) >= 11 is 0. The number of nitroso groups, excluding NO2 is 1. The molecule has 2 amide bonds. The first-order valence-electron chi connectivity index (χ1n) is 3.69. The van der Waals surface area contributed by atoms with Crippen LogP contribution in [0, 0.1) is 4.91 Å². The zero-order valence-corrected chi connectivity index (χ0v) is 7.43. The maximum atomic E-state index is 10.4. The van der Waals surface area contributed by atoms with E-state index in [0.717, 1.165) is 0 Å². The van der Waals surface area contributed by atoms with Crippen molar-refractivity contribution in [3.05, 3.63) is 4.91 Å². The molecule has 0 aliphatic heterocycles. The Hall–Kier alpha value is -1.21. The predicted octanol–water partition coefficient (Wildman–Crippen LogP) is -0.288. The SMILES string of the molecule is COCCOCCN(N=O)C(N)=O. The zero-order valence-electron chi connectivity index (χ0n) is 7.43. The summed E-state index contributed by atoms with van der Waals surface area (Å²) in [4.78, 5) is 20.4. The van der Waals surface area contributed by atoms with Crippen molar-refractivity contribution < 1.29 is 14.3 Å². The number of carbonyl (C=O) groups excluding carboxylic acids is 1. The highest BCUT2D eigenvalue weighted by molar-refractivity contribution is 5.71. The van der Waals surface area contributed by atoms with Gasteiger partial charge in [-0.25, -0.2) is 4.79 Å². The summed E-state index contributed by atoms with van der Waals surface area (Å²) in [6.45, 7) is 1.13. The summed E-state index contributed by atoms with van der Waals surface area (Å²) in [6, 6.07) is -0.884. The van der Waals surface area contributed by atoms with Gasteiger partial charge >= 0.3 is 6.03 Å². The van der Waals surface area contributed by atoms with Gasteiger partial charge in [0.05, 0.1) is 31.7 Å². The summed E-state index contributed by atoms with van der Waals surface area (Å²) in [5.41, 5.74) is 4.80. The van der Waals surface area contributed by atoms with Crippen LogP contribution in [-0.4, -0.2) is 44.5 Å². The van der Waals surface area contributed by atoms with Gasteiger partial charge in [-0.15, -0.1) is 4.91 Å². The molecule has 0 bridgehead atoms. The minimum atomic E-state index is -0.884. The maximum absolute atomic E-state index is 10.4. The topological polar surface area (TPSA) is 94.2 Å². The second-order valence-electron chi connectivity index (χ2n) is 2.15. The van der Waals surface area contributed by atoms with E-state index in [2.05, 4.69) is 5.29 Å². The van der Waals surface area contributed by atoms with Crippen molar-refractivity contribution in [3.63, 3.8) is 0 Å². The lowest BCUT2D eigenvalue weighted by molar-refractivity contribution is 0.0619. The van der Waals surface area contributed by atoms with Crippen LogP contribution in [0.1, 0.15) is 0 Å². The lowest BCUT2D eigenvalue weighted by atomic mass is 10.6. The fourth-order valence-corrected chi connectivity index (χ4v) is 0.587. The maximum Gasteiger partial charge on any atom is 0.337 e. The van der Waals surface area contributed by atoms with Crippen LogP contribution in [0.4, 0.5) is 4.79 Å². The number of methoxy groups -OCH3 is 1. The van der Waals surface area contributed by atoms with E-state index >= 15 is 0 Å². The van der Waals surface area contributed by atoms with Gasteiger partial charge in [-0.1, -0.05) is 0 Å². The Kier molecular flexibility index (Phi) is 6.75. The van der Waals surface area contributed by atoms with Gasteiger partial charge in [-0.3, -0.25) is 0 Å². The molecule has 2 N–H and O–H groups in total. The van der Waals surface area contributed by atoms with Crippen LogP contribution >= 0.6 is 0 Å². The average Bonchev–Trinajstić information content (AvgIpc) is 2.10. The van der Waals surface area contributed by atoms with Crippen molar-refractivity contribution in [3.8, 4) is 0 Å². The Bertz CT molecular complexity index is 164. The lowest BCUT2D eigenvalue weighted by Crippen LogP contribution is -2.33. The first-order valence-corrected chi connectivity index (χ1v) is 3.69. The Balaban J connectivity index is 3.39. The number of urea groups is 1. The van der Waals surface area contributed by atoms with Gasteiger partial charge in [-0.05, 0) is 0 Å². The van der Waals surface area contributed by atoms with E-state index in [1.165, 1.54) is 0 Å². The molecule has 0 aliphatic carbocycles. The predicted molar refractivity (Wildman–Crippen MR) is 44.8 cm³/mol. The summed E-state index contributed by atoms with van der Waals surface area (Å²) in [7, 11) is 1.55.